The zero-order valence-electron chi connectivity index (χ0n) is 13.7. The van der Waals surface area contributed by atoms with Gasteiger partial charge in [-0.05, 0) is 25.2 Å². The second-order valence-electron chi connectivity index (χ2n) is 5.56. The van der Waals surface area contributed by atoms with E-state index in [9.17, 15) is 13.2 Å². The number of sulfone groups is 1. The molecule has 24 heavy (non-hydrogen) atoms. The van der Waals surface area contributed by atoms with Gasteiger partial charge < -0.3 is 10.2 Å². The number of hydrogen-bond acceptors (Lipinski definition) is 6. The van der Waals surface area contributed by atoms with Crippen LogP contribution in [0.1, 0.15) is 13.8 Å². The summed E-state index contributed by atoms with van der Waals surface area (Å²) in [6.07, 6.45) is 1.26. The van der Waals surface area contributed by atoms with Crippen LogP contribution in [0.3, 0.4) is 0 Å². The maximum Gasteiger partial charge on any atom is 0.291 e. The Hall–Kier alpha value is -2.19. The van der Waals surface area contributed by atoms with Crippen LogP contribution in [-0.4, -0.2) is 42.7 Å². The lowest BCUT2D eigenvalue weighted by Crippen LogP contribution is -2.34. The van der Waals surface area contributed by atoms with Gasteiger partial charge in [-0.25, -0.2) is 13.1 Å². The highest BCUT2D eigenvalue weighted by molar-refractivity contribution is 7.92. The Morgan fingerprint density at radius 2 is 1.88 bits per heavy atom. The highest BCUT2D eigenvalue weighted by atomic mass is 32.2. The van der Waals surface area contributed by atoms with E-state index in [0.29, 0.717) is 18.8 Å². The minimum atomic E-state index is -3.73. The summed E-state index contributed by atoms with van der Waals surface area (Å²) in [5.41, 5.74) is 0.0737. The van der Waals surface area contributed by atoms with Crippen LogP contribution in [0.5, 0.6) is 0 Å². The van der Waals surface area contributed by atoms with Crippen molar-refractivity contribution in [2.45, 2.75) is 30.2 Å². The van der Waals surface area contributed by atoms with Crippen molar-refractivity contribution >= 4 is 21.2 Å². The number of nitrogens with one attached hydrogen (secondary N) is 1. The fourth-order valence-electron chi connectivity index (χ4n) is 2.79. The topological polar surface area (TPSA) is 84.3 Å². The largest absolute Gasteiger partial charge is 0.349 e. The molecule has 128 valence electrons. The van der Waals surface area contributed by atoms with Crippen LogP contribution in [0.2, 0.25) is 0 Å². The molecule has 0 saturated carbocycles. The first-order valence-electron chi connectivity index (χ1n) is 7.92. The van der Waals surface area contributed by atoms with Crippen LogP contribution >= 0.6 is 0 Å². The lowest BCUT2D eigenvalue weighted by atomic mass is 10.3. The molecule has 1 N–H and O–H groups in total. The lowest BCUT2D eigenvalue weighted by Gasteiger charge is -2.22. The fourth-order valence-corrected chi connectivity index (χ4v) is 4.28. The second kappa shape index (κ2) is 6.37. The van der Waals surface area contributed by atoms with Crippen molar-refractivity contribution in [1.82, 2.24) is 14.7 Å². The Kier molecular flexibility index (Phi) is 4.42. The van der Waals surface area contributed by atoms with E-state index in [1.54, 1.807) is 18.2 Å². The van der Waals surface area contributed by atoms with Gasteiger partial charge in [-0.15, -0.1) is 0 Å². The maximum absolute atomic E-state index is 12.7. The van der Waals surface area contributed by atoms with Crippen molar-refractivity contribution in [1.29, 1.82) is 0 Å². The molecule has 0 fully saturated rings. The number of para-hydroxylation sites is 1. The summed E-state index contributed by atoms with van der Waals surface area (Å²) in [7, 11) is -3.73. The number of anilines is 2. The first-order valence-corrected chi connectivity index (χ1v) is 9.41. The average molecular weight is 348 g/mol. The highest BCUT2D eigenvalue weighted by Gasteiger charge is 2.32. The fraction of sp³-hybridized carbons (Fsp3) is 0.375. The molecule has 1 aromatic carbocycles. The molecular formula is C16H20N4O3S. The molecule has 7 nitrogen and oxygen atoms in total. The predicted octanol–water partition coefficient (Wildman–Crippen LogP) is 1.47. The number of fused-ring (bicyclic) bond motifs is 2. The molecule has 0 radical (unpaired) electrons. The molecule has 2 aromatic rings. The Labute approximate surface area is 140 Å². The average Bonchev–Trinajstić information content (AvgIpc) is 2.58. The van der Waals surface area contributed by atoms with Gasteiger partial charge in [0.15, 0.2) is 0 Å². The van der Waals surface area contributed by atoms with Gasteiger partial charge >= 0.3 is 0 Å². The van der Waals surface area contributed by atoms with Crippen LogP contribution in [0.15, 0.2) is 45.0 Å². The number of nitrogens with zero attached hydrogens (tertiary/aromatic N) is 3. The van der Waals surface area contributed by atoms with E-state index in [4.69, 9.17) is 0 Å². The van der Waals surface area contributed by atoms with Crippen molar-refractivity contribution < 1.29 is 8.42 Å². The van der Waals surface area contributed by atoms with Gasteiger partial charge in [0, 0.05) is 6.54 Å². The number of aromatic nitrogens is 2. The van der Waals surface area contributed by atoms with Crippen molar-refractivity contribution in [3.63, 3.8) is 0 Å². The lowest BCUT2D eigenvalue weighted by molar-refractivity contribution is 0.282. The third-order valence-corrected chi connectivity index (χ3v) is 6.08. The molecule has 0 unspecified atom stereocenters. The van der Waals surface area contributed by atoms with Gasteiger partial charge in [0.25, 0.3) is 5.56 Å². The first-order chi connectivity index (χ1) is 11.5. The molecular weight excluding hydrogens is 328 g/mol. The third kappa shape index (κ3) is 2.71. The molecule has 0 spiro atoms. The number of benzene rings is 1. The Bertz CT molecular complexity index is 917. The van der Waals surface area contributed by atoms with Gasteiger partial charge in [-0.1, -0.05) is 26.0 Å². The van der Waals surface area contributed by atoms with E-state index < -0.39 is 15.4 Å². The predicted molar refractivity (Wildman–Crippen MR) is 91.5 cm³/mol. The van der Waals surface area contributed by atoms with E-state index >= 15 is 0 Å². The Morgan fingerprint density at radius 1 is 1.17 bits per heavy atom. The summed E-state index contributed by atoms with van der Waals surface area (Å²) in [4.78, 5) is 14.9. The minimum Gasteiger partial charge on any atom is -0.349 e. The summed E-state index contributed by atoms with van der Waals surface area (Å²) >= 11 is 0. The molecule has 1 aromatic heterocycles. The van der Waals surface area contributed by atoms with Crippen LogP contribution in [0.25, 0.3) is 0 Å². The third-order valence-electron chi connectivity index (χ3n) is 4.26. The highest BCUT2D eigenvalue weighted by Crippen LogP contribution is 2.36. The van der Waals surface area contributed by atoms with E-state index in [0.717, 1.165) is 13.1 Å². The monoisotopic (exact) mass is 348 g/mol. The van der Waals surface area contributed by atoms with E-state index in [-0.39, 0.29) is 15.5 Å². The van der Waals surface area contributed by atoms with Gasteiger partial charge in [0.1, 0.15) is 10.6 Å². The van der Waals surface area contributed by atoms with E-state index in [2.05, 4.69) is 29.2 Å². The van der Waals surface area contributed by atoms with Crippen molar-refractivity contribution in [2.75, 3.05) is 25.0 Å². The van der Waals surface area contributed by atoms with Crippen molar-refractivity contribution in [3.05, 3.63) is 40.8 Å². The van der Waals surface area contributed by atoms with Gasteiger partial charge in [-0.2, -0.15) is 5.10 Å². The number of likely N-dealkylation sites (N-methyl/N-ethyl adjacent to an activating group) is 1. The van der Waals surface area contributed by atoms with Crippen molar-refractivity contribution in [2.24, 2.45) is 0 Å². The van der Waals surface area contributed by atoms with Crippen molar-refractivity contribution in [3.8, 4) is 0 Å². The maximum atomic E-state index is 12.7. The molecule has 8 heteroatoms. The van der Waals surface area contributed by atoms with Crippen LogP contribution in [0.4, 0.5) is 11.4 Å². The summed E-state index contributed by atoms with van der Waals surface area (Å²) in [6, 6.07) is 6.55. The Morgan fingerprint density at radius 3 is 2.58 bits per heavy atom. The molecule has 3 rings (SSSR count). The van der Waals surface area contributed by atoms with Gasteiger partial charge in [0.2, 0.25) is 9.84 Å². The van der Waals surface area contributed by atoms with Crippen LogP contribution in [-0.2, 0) is 16.4 Å². The summed E-state index contributed by atoms with van der Waals surface area (Å²) in [5, 5.41) is 7.01. The quantitative estimate of drug-likeness (QED) is 0.752. The molecule has 0 amide bonds. The normalized spacial score (nSPS) is 14.8. The number of rotatable bonds is 5. The molecule has 0 atom stereocenters. The zero-order valence-corrected chi connectivity index (χ0v) is 14.5. The first kappa shape index (κ1) is 16.7. The van der Waals surface area contributed by atoms with Gasteiger partial charge in [0.05, 0.1) is 23.3 Å². The standard InChI is InChI=1S/C16H20N4O3S/c1-3-19(4-2)9-10-20-16(21)15-14(11-17-20)24(22,23)13-8-6-5-7-12(13)18-15/h5-8,11,18H,3-4,9-10H2,1-2H3. The van der Waals surface area contributed by atoms with E-state index in [1.165, 1.54) is 16.9 Å². The molecule has 1 aliphatic heterocycles. The SMILES string of the molecule is CCN(CC)CCn1ncc2c(c1=O)Nc1ccccc1S2(=O)=O. The second-order valence-corrected chi connectivity index (χ2v) is 7.45. The molecule has 2 heterocycles. The number of hydrogen-bond donors (Lipinski definition) is 1. The Balaban J connectivity index is 2.01. The zero-order chi connectivity index (χ0) is 17.3. The van der Waals surface area contributed by atoms with Gasteiger partial charge in [-0.3, -0.25) is 4.79 Å². The smallest absolute Gasteiger partial charge is 0.291 e. The molecule has 1 aliphatic rings. The summed E-state index contributed by atoms with van der Waals surface area (Å²) in [5.74, 6) is 0. The molecule has 0 saturated heterocycles. The summed E-state index contributed by atoms with van der Waals surface area (Å²) < 4.78 is 26.7. The van der Waals surface area contributed by atoms with Crippen LogP contribution in [0, 0.1) is 0 Å². The summed E-state index contributed by atoms with van der Waals surface area (Å²) in [6.45, 7) is 6.97. The van der Waals surface area contributed by atoms with E-state index in [1.807, 2.05) is 0 Å². The van der Waals surface area contributed by atoms with Crippen LogP contribution < -0.4 is 10.9 Å². The minimum absolute atomic E-state index is 0.0645. The molecule has 0 bridgehead atoms. The molecule has 0 aliphatic carbocycles.